The lowest BCUT2D eigenvalue weighted by Crippen LogP contribution is -2.06. The summed E-state index contributed by atoms with van der Waals surface area (Å²) in [7, 11) is 1.63. The summed E-state index contributed by atoms with van der Waals surface area (Å²) in [4.78, 5) is 4.03. The van der Waals surface area contributed by atoms with Crippen molar-refractivity contribution in [3.8, 4) is 5.88 Å². The highest BCUT2D eigenvalue weighted by molar-refractivity contribution is 5.19. The van der Waals surface area contributed by atoms with E-state index in [0.717, 1.165) is 5.56 Å². The van der Waals surface area contributed by atoms with Crippen molar-refractivity contribution in [1.29, 1.82) is 0 Å². The highest BCUT2D eigenvalue weighted by atomic mass is 16.5. The number of hydrogen-bond acceptors (Lipinski definition) is 4. The van der Waals surface area contributed by atoms with E-state index in [9.17, 15) is 0 Å². The molecule has 0 unspecified atom stereocenters. The number of nitrogens with zero attached hydrogens (tertiary/aromatic N) is 1. The molecule has 0 aliphatic heterocycles. The van der Waals surface area contributed by atoms with Crippen molar-refractivity contribution in [1.82, 2.24) is 4.98 Å². The number of nitrogens with two attached hydrogens (primary N) is 1. The van der Waals surface area contributed by atoms with E-state index in [1.54, 1.807) is 13.3 Å². The van der Waals surface area contributed by atoms with Crippen LogP contribution < -0.4 is 10.5 Å². The molecule has 1 aromatic heterocycles. The first-order valence-electron chi connectivity index (χ1n) is 4.13. The van der Waals surface area contributed by atoms with Gasteiger partial charge in [-0.2, -0.15) is 0 Å². The molecular weight excluding hydrogens is 168 g/mol. The van der Waals surface area contributed by atoms with Gasteiger partial charge in [-0.1, -0.05) is 0 Å². The van der Waals surface area contributed by atoms with Gasteiger partial charge in [0.05, 0.1) is 6.61 Å². The zero-order valence-electron chi connectivity index (χ0n) is 7.69. The summed E-state index contributed by atoms with van der Waals surface area (Å²) < 4.78 is 10.1. The summed E-state index contributed by atoms with van der Waals surface area (Å²) in [5.74, 6) is 0.597. The van der Waals surface area contributed by atoms with Crippen molar-refractivity contribution < 1.29 is 9.47 Å². The molecule has 13 heavy (non-hydrogen) atoms. The summed E-state index contributed by atoms with van der Waals surface area (Å²) in [5, 5.41) is 0. The van der Waals surface area contributed by atoms with Crippen LogP contribution in [0.4, 0.5) is 0 Å². The molecule has 4 heteroatoms. The Balaban J connectivity index is 2.46. The van der Waals surface area contributed by atoms with E-state index >= 15 is 0 Å². The minimum Gasteiger partial charge on any atom is -0.475 e. The fraction of sp³-hybridized carbons (Fsp3) is 0.444. The molecule has 0 bridgehead atoms. The number of pyridine rings is 1. The van der Waals surface area contributed by atoms with Gasteiger partial charge in [-0.3, -0.25) is 0 Å². The van der Waals surface area contributed by atoms with E-state index in [1.807, 2.05) is 12.1 Å². The van der Waals surface area contributed by atoms with Gasteiger partial charge >= 0.3 is 0 Å². The van der Waals surface area contributed by atoms with Crippen LogP contribution in [0, 0.1) is 0 Å². The summed E-state index contributed by atoms with van der Waals surface area (Å²) in [6.07, 6.45) is 1.68. The lowest BCUT2D eigenvalue weighted by atomic mass is 10.3. The first-order chi connectivity index (χ1) is 6.36. The zero-order chi connectivity index (χ0) is 9.52. The molecule has 1 rings (SSSR count). The van der Waals surface area contributed by atoms with Crippen LogP contribution in [0.1, 0.15) is 5.56 Å². The van der Waals surface area contributed by atoms with E-state index in [4.69, 9.17) is 15.2 Å². The fourth-order valence-electron chi connectivity index (χ4n) is 0.886. The maximum Gasteiger partial charge on any atom is 0.213 e. The molecule has 0 aliphatic carbocycles. The predicted molar refractivity (Wildman–Crippen MR) is 49.5 cm³/mol. The smallest absolute Gasteiger partial charge is 0.213 e. The van der Waals surface area contributed by atoms with Crippen LogP contribution in [-0.2, 0) is 11.3 Å². The van der Waals surface area contributed by atoms with Crippen LogP contribution in [0.2, 0.25) is 0 Å². The number of ether oxygens (including phenoxy) is 2. The van der Waals surface area contributed by atoms with Crippen molar-refractivity contribution in [2.75, 3.05) is 20.3 Å². The molecule has 0 spiro atoms. The third-order valence-electron chi connectivity index (χ3n) is 1.57. The zero-order valence-corrected chi connectivity index (χ0v) is 7.69. The molecule has 4 nitrogen and oxygen atoms in total. The number of aromatic nitrogens is 1. The normalized spacial score (nSPS) is 10.0. The molecule has 0 aliphatic rings. The van der Waals surface area contributed by atoms with Crippen molar-refractivity contribution in [3.63, 3.8) is 0 Å². The molecule has 1 heterocycles. The second-order valence-electron chi connectivity index (χ2n) is 2.55. The Kier molecular flexibility index (Phi) is 4.21. The van der Waals surface area contributed by atoms with Gasteiger partial charge in [0.1, 0.15) is 6.61 Å². The van der Waals surface area contributed by atoms with Crippen LogP contribution in [0.15, 0.2) is 18.3 Å². The van der Waals surface area contributed by atoms with Crippen molar-refractivity contribution in [2.45, 2.75) is 6.54 Å². The fourth-order valence-corrected chi connectivity index (χ4v) is 0.886. The lowest BCUT2D eigenvalue weighted by Gasteiger charge is -2.04. The van der Waals surface area contributed by atoms with Gasteiger partial charge in [0.15, 0.2) is 0 Å². The maximum absolute atomic E-state index is 5.47. The summed E-state index contributed by atoms with van der Waals surface area (Å²) in [6, 6.07) is 3.69. The minimum atomic E-state index is 0.503. The minimum absolute atomic E-state index is 0.503. The van der Waals surface area contributed by atoms with Crippen molar-refractivity contribution in [3.05, 3.63) is 23.9 Å². The number of hydrogen-bond donors (Lipinski definition) is 1. The molecule has 0 saturated carbocycles. The van der Waals surface area contributed by atoms with E-state index in [2.05, 4.69) is 4.98 Å². The van der Waals surface area contributed by atoms with E-state index in [0.29, 0.717) is 25.6 Å². The van der Waals surface area contributed by atoms with E-state index in [1.165, 1.54) is 0 Å². The Labute approximate surface area is 77.7 Å². The quantitative estimate of drug-likeness (QED) is 0.676. The molecule has 0 amide bonds. The Hall–Kier alpha value is -1.13. The van der Waals surface area contributed by atoms with E-state index < -0.39 is 0 Å². The van der Waals surface area contributed by atoms with Gasteiger partial charge in [-0.15, -0.1) is 0 Å². The second kappa shape index (κ2) is 5.50. The van der Waals surface area contributed by atoms with Crippen molar-refractivity contribution in [2.24, 2.45) is 5.73 Å². The molecule has 1 aromatic rings. The van der Waals surface area contributed by atoms with Gasteiger partial charge in [-0.25, -0.2) is 4.98 Å². The number of methoxy groups -OCH3 is 1. The third kappa shape index (κ3) is 3.40. The van der Waals surface area contributed by atoms with Gasteiger partial charge in [0.25, 0.3) is 0 Å². The molecule has 2 N–H and O–H groups in total. The molecule has 72 valence electrons. The average molecular weight is 182 g/mol. The van der Waals surface area contributed by atoms with Crippen LogP contribution >= 0.6 is 0 Å². The summed E-state index contributed by atoms with van der Waals surface area (Å²) >= 11 is 0. The number of rotatable bonds is 5. The Morgan fingerprint density at radius 1 is 1.46 bits per heavy atom. The largest absolute Gasteiger partial charge is 0.475 e. The topological polar surface area (TPSA) is 57.4 Å². The lowest BCUT2D eigenvalue weighted by molar-refractivity contribution is 0.143. The molecule has 0 radical (unpaired) electrons. The maximum atomic E-state index is 5.47. The summed E-state index contributed by atoms with van der Waals surface area (Å²) in [6.45, 7) is 1.58. The van der Waals surface area contributed by atoms with Crippen LogP contribution in [0.5, 0.6) is 5.88 Å². The highest BCUT2D eigenvalue weighted by Gasteiger charge is 1.95. The van der Waals surface area contributed by atoms with Crippen molar-refractivity contribution >= 4 is 0 Å². The van der Waals surface area contributed by atoms with Crippen LogP contribution in [0.3, 0.4) is 0 Å². The molecule has 0 fully saturated rings. The molecule has 0 saturated heterocycles. The standard InChI is InChI=1S/C9H14N2O2/c1-12-4-5-13-9-6-8(7-10)2-3-11-9/h2-3,6H,4-5,7,10H2,1H3. The van der Waals surface area contributed by atoms with E-state index in [-0.39, 0.29) is 0 Å². The predicted octanol–water partition coefficient (Wildman–Crippen LogP) is 0.566. The Bertz CT molecular complexity index is 253. The van der Waals surface area contributed by atoms with Gasteiger partial charge in [-0.05, 0) is 11.6 Å². The second-order valence-corrected chi connectivity index (χ2v) is 2.55. The first-order valence-corrected chi connectivity index (χ1v) is 4.13. The van der Waals surface area contributed by atoms with Crippen LogP contribution in [0.25, 0.3) is 0 Å². The molecular formula is C9H14N2O2. The summed E-state index contributed by atoms with van der Waals surface area (Å²) in [5.41, 5.74) is 6.48. The average Bonchev–Trinajstić information content (AvgIpc) is 2.19. The monoisotopic (exact) mass is 182 g/mol. The third-order valence-corrected chi connectivity index (χ3v) is 1.57. The molecule has 0 aromatic carbocycles. The SMILES string of the molecule is COCCOc1cc(CN)ccn1. The molecule has 0 atom stereocenters. The van der Waals surface area contributed by atoms with Gasteiger partial charge in [0, 0.05) is 25.9 Å². The van der Waals surface area contributed by atoms with Crippen LogP contribution in [-0.4, -0.2) is 25.3 Å². The Morgan fingerprint density at radius 2 is 2.31 bits per heavy atom. The van der Waals surface area contributed by atoms with Gasteiger partial charge < -0.3 is 15.2 Å². The Morgan fingerprint density at radius 3 is 3.00 bits per heavy atom. The highest BCUT2D eigenvalue weighted by Crippen LogP contribution is 2.08. The first kappa shape index (κ1) is 9.95. The van der Waals surface area contributed by atoms with Gasteiger partial charge in [0.2, 0.25) is 5.88 Å².